The van der Waals surface area contributed by atoms with Crippen molar-refractivity contribution in [2.75, 3.05) is 25.0 Å². The summed E-state index contributed by atoms with van der Waals surface area (Å²) in [6.45, 7) is 16.0. The lowest BCUT2D eigenvalue weighted by atomic mass is 10.1. The fourth-order valence-electron chi connectivity index (χ4n) is 2.14. The van der Waals surface area contributed by atoms with Crippen LogP contribution in [0.1, 0.15) is 67.7 Å². The Balaban J connectivity index is 4.46. The molecule has 0 N–H and O–H groups in total. The molecule has 5 heteroatoms. The Morgan fingerprint density at radius 1 is 1.17 bits per heavy atom. The molecule has 0 aromatic rings. The van der Waals surface area contributed by atoms with Crippen LogP contribution in [0.25, 0.3) is 0 Å². The van der Waals surface area contributed by atoms with Crippen molar-refractivity contribution in [3.63, 3.8) is 0 Å². The molecule has 0 bridgehead atoms. The summed E-state index contributed by atoms with van der Waals surface area (Å²) in [4.78, 5) is 14.0. The van der Waals surface area contributed by atoms with Crippen molar-refractivity contribution in [2.24, 2.45) is 5.92 Å². The molecule has 0 saturated carbocycles. The van der Waals surface area contributed by atoms with Gasteiger partial charge < -0.3 is 14.4 Å². The summed E-state index contributed by atoms with van der Waals surface area (Å²) in [7, 11) is 0. The highest BCUT2D eigenvalue weighted by atomic mass is 79.9. The van der Waals surface area contributed by atoms with Crippen LogP contribution in [-0.4, -0.2) is 47.2 Å². The summed E-state index contributed by atoms with van der Waals surface area (Å²) in [6.07, 6.45) is 3.18. The quantitative estimate of drug-likeness (QED) is 0.376. The van der Waals surface area contributed by atoms with Crippen molar-refractivity contribution < 1.29 is 14.3 Å². The van der Waals surface area contributed by atoms with Crippen molar-refractivity contribution >= 4 is 22.0 Å². The van der Waals surface area contributed by atoms with Gasteiger partial charge in [-0.25, -0.2) is 4.79 Å². The van der Waals surface area contributed by atoms with Crippen LogP contribution in [0.4, 0.5) is 4.79 Å². The number of alkyl halides is 1. The molecule has 23 heavy (non-hydrogen) atoms. The molecule has 0 aliphatic heterocycles. The fourth-order valence-corrected chi connectivity index (χ4v) is 2.47. The van der Waals surface area contributed by atoms with Gasteiger partial charge in [0, 0.05) is 18.5 Å². The van der Waals surface area contributed by atoms with E-state index in [0.29, 0.717) is 18.4 Å². The molecule has 1 amide bonds. The van der Waals surface area contributed by atoms with E-state index >= 15 is 0 Å². The van der Waals surface area contributed by atoms with E-state index in [1.807, 2.05) is 34.6 Å². The molecule has 1 unspecified atom stereocenters. The summed E-state index contributed by atoms with van der Waals surface area (Å²) >= 11 is 3.53. The van der Waals surface area contributed by atoms with Crippen molar-refractivity contribution in [3.8, 4) is 0 Å². The minimum absolute atomic E-state index is 0.282. The van der Waals surface area contributed by atoms with Crippen LogP contribution in [0, 0.1) is 5.92 Å². The first-order valence-corrected chi connectivity index (χ1v) is 9.83. The number of carbonyl (C=O) groups is 1. The van der Waals surface area contributed by atoms with Gasteiger partial charge in [-0.1, -0.05) is 42.6 Å². The molecule has 0 radical (unpaired) electrons. The van der Waals surface area contributed by atoms with Gasteiger partial charge in [0.2, 0.25) is 0 Å². The lowest BCUT2D eigenvalue weighted by Crippen LogP contribution is -2.48. The Morgan fingerprint density at radius 2 is 1.78 bits per heavy atom. The average Bonchev–Trinajstić information content (AvgIpc) is 2.42. The second-order valence-corrected chi connectivity index (χ2v) is 8.38. The Bertz CT molecular complexity index is 342. The number of hydrogen-bond acceptors (Lipinski definition) is 3. The van der Waals surface area contributed by atoms with Gasteiger partial charge in [0.05, 0.1) is 12.1 Å². The SMILES string of the molecule is CCN(CC(C)(CBr)OCCCCC(C)C)C(=O)OC(C)(C)C. The van der Waals surface area contributed by atoms with Gasteiger partial charge in [-0.3, -0.25) is 0 Å². The standard InChI is InChI=1S/C18H36BrNO3/c1-8-20(16(21)23-17(4,5)6)14-18(7,13-19)22-12-10-9-11-15(2)3/h15H,8-14H2,1-7H3. The Hall–Kier alpha value is -0.290. The van der Waals surface area contributed by atoms with Crippen LogP contribution in [0.2, 0.25) is 0 Å². The maximum atomic E-state index is 12.3. The van der Waals surface area contributed by atoms with Gasteiger partial charge in [0.25, 0.3) is 0 Å². The van der Waals surface area contributed by atoms with E-state index in [2.05, 4.69) is 29.8 Å². The number of amides is 1. The Kier molecular flexibility index (Phi) is 10.4. The van der Waals surface area contributed by atoms with E-state index in [1.54, 1.807) is 4.90 Å². The summed E-state index contributed by atoms with van der Waals surface area (Å²) in [5.74, 6) is 0.736. The summed E-state index contributed by atoms with van der Waals surface area (Å²) in [5, 5.41) is 0.684. The van der Waals surface area contributed by atoms with Crippen LogP contribution in [0.15, 0.2) is 0 Å². The van der Waals surface area contributed by atoms with E-state index in [-0.39, 0.29) is 6.09 Å². The first kappa shape index (κ1) is 22.7. The van der Waals surface area contributed by atoms with Crippen molar-refractivity contribution in [1.29, 1.82) is 0 Å². The van der Waals surface area contributed by atoms with E-state index < -0.39 is 11.2 Å². The number of ether oxygens (including phenoxy) is 2. The first-order valence-electron chi connectivity index (χ1n) is 8.71. The third-order valence-electron chi connectivity index (χ3n) is 3.47. The summed E-state index contributed by atoms with van der Waals surface area (Å²) in [5.41, 5.74) is -0.877. The molecule has 138 valence electrons. The van der Waals surface area contributed by atoms with Gasteiger partial charge >= 0.3 is 6.09 Å². The third-order valence-corrected chi connectivity index (χ3v) is 4.65. The number of unbranched alkanes of at least 4 members (excludes halogenated alkanes) is 1. The normalized spacial score (nSPS) is 14.7. The molecule has 1 atom stereocenters. The van der Waals surface area contributed by atoms with Gasteiger partial charge in [0.15, 0.2) is 0 Å². The Morgan fingerprint density at radius 3 is 2.22 bits per heavy atom. The van der Waals surface area contributed by atoms with Crippen LogP contribution in [-0.2, 0) is 9.47 Å². The topological polar surface area (TPSA) is 38.8 Å². The van der Waals surface area contributed by atoms with Gasteiger partial charge in [-0.05, 0) is 47.0 Å². The lowest BCUT2D eigenvalue weighted by molar-refractivity contribution is -0.0435. The van der Waals surface area contributed by atoms with Crippen LogP contribution in [0.3, 0.4) is 0 Å². The monoisotopic (exact) mass is 393 g/mol. The molecular formula is C18H36BrNO3. The highest BCUT2D eigenvalue weighted by Crippen LogP contribution is 2.19. The number of carbonyl (C=O) groups excluding carboxylic acids is 1. The molecule has 0 rings (SSSR count). The second kappa shape index (κ2) is 10.5. The van der Waals surface area contributed by atoms with E-state index in [4.69, 9.17) is 9.47 Å². The summed E-state index contributed by atoms with van der Waals surface area (Å²) in [6, 6.07) is 0. The van der Waals surface area contributed by atoms with Crippen LogP contribution in [0.5, 0.6) is 0 Å². The van der Waals surface area contributed by atoms with Crippen molar-refractivity contribution in [3.05, 3.63) is 0 Å². The molecule has 0 aliphatic carbocycles. The Labute approximate surface area is 151 Å². The first-order chi connectivity index (χ1) is 10.5. The largest absolute Gasteiger partial charge is 0.444 e. The van der Waals surface area contributed by atoms with Gasteiger partial charge in [0.1, 0.15) is 5.60 Å². The molecular weight excluding hydrogens is 358 g/mol. The van der Waals surface area contributed by atoms with E-state index in [1.165, 1.54) is 12.8 Å². The third kappa shape index (κ3) is 11.0. The zero-order chi connectivity index (χ0) is 18.1. The molecule has 0 aromatic carbocycles. The van der Waals surface area contributed by atoms with E-state index in [9.17, 15) is 4.79 Å². The zero-order valence-electron chi connectivity index (χ0n) is 16.1. The predicted octanol–water partition coefficient (Wildman–Crippen LogP) is 5.24. The maximum absolute atomic E-state index is 12.3. The molecule has 0 aliphatic rings. The van der Waals surface area contributed by atoms with Crippen LogP contribution < -0.4 is 0 Å². The molecule has 0 fully saturated rings. The number of hydrogen-bond donors (Lipinski definition) is 0. The number of halogens is 1. The average molecular weight is 394 g/mol. The minimum Gasteiger partial charge on any atom is -0.444 e. The highest BCUT2D eigenvalue weighted by Gasteiger charge is 2.30. The second-order valence-electron chi connectivity index (χ2n) is 7.82. The molecule has 0 saturated heterocycles. The zero-order valence-corrected chi connectivity index (χ0v) is 17.7. The lowest BCUT2D eigenvalue weighted by Gasteiger charge is -2.35. The van der Waals surface area contributed by atoms with Gasteiger partial charge in [-0.2, -0.15) is 0 Å². The number of likely N-dealkylation sites (N-methyl/N-ethyl adjacent to an activating group) is 1. The maximum Gasteiger partial charge on any atom is 0.410 e. The minimum atomic E-state index is -0.479. The molecule has 4 nitrogen and oxygen atoms in total. The highest BCUT2D eigenvalue weighted by molar-refractivity contribution is 9.09. The molecule has 0 aromatic heterocycles. The van der Waals surface area contributed by atoms with E-state index in [0.717, 1.165) is 18.9 Å². The van der Waals surface area contributed by atoms with Crippen molar-refractivity contribution in [2.45, 2.75) is 78.9 Å². The van der Waals surface area contributed by atoms with Crippen LogP contribution >= 0.6 is 15.9 Å². The molecule has 0 spiro atoms. The smallest absolute Gasteiger partial charge is 0.410 e. The fraction of sp³-hybridized carbons (Fsp3) is 0.944. The number of rotatable bonds is 10. The summed E-state index contributed by atoms with van der Waals surface area (Å²) < 4.78 is 11.5. The predicted molar refractivity (Wildman–Crippen MR) is 100 cm³/mol. The van der Waals surface area contributed by atoms with Crippen molar-refractivity contribution in [1.82, 2.24) is 4.90 Å². The van der Waals surface area contributed by atoms with Gasteiger partial charge in [-0.15, -0.1) is 0 Å². The number of nitrogens with zero attached hydrogens (tertiary/aromatic N) is 1. The molecule has 0 heterocycles.